The third kappa shape index (κ3) is 3.83. The number of hydrogen-bond donors (Lipinski definition) is 2. The molecule has 0 radical (unpaired) electrons. The minimum absolute atomic E-state index is 0.0151. The van der Waals surface area contributed by atoms with Gasteiger partial charge in [-0.05, 0) is 42.0 Å². The fraction of sp³-hybridized carbons (Fsp3) is 0.158. The number of rotatable bonds is 6. The molecule has 0 fully saturated rings. The number of carboxylic acid groups (broad SMARTS) is 1. The number of carbonyl (C=O) groups excluding carboxylic acids is 1. The van der Waals surface area contributed by atoms with Gasteiger partial charge in [0, 0.05) is 11.8 Å². The number of benzene rings is 2. The van der Waals surface area contributed by atoms with E-state index in [0.717, 1.165) is 0 Å². The number of furan rings is 1. The van der Waals surface area contributed by atoms with Crippen LogP contribution in [0.1, 0.15) is 16.1 Å². The molecular formula is C19H16FNO5. The second-order valence-corrected chi connectivity index (χ2v) is 5.71. The average Bonchev–Trinajstić information content (AvgIpc) is 3.04. The molecule has 0 aliphatic rings. The number of hydrogen-bond acceptors (Lipinski definition) is 4. The molecule has 134 valence electrons. The molecule has 1 heterocycles. The molecule has 0 saturated heterocycles. The number of carboxylic acids is 1. The first-order chi connectivity index (χ1) is 12.5. The summed E-state index contributed by atoms with van der Waals surface area (Å²) >= 11 is 0. The van der Waals surface area contributed by atoms with E-state index < -0.39 is 23.7 Å². The van der Waals surface area contributed by atoms with Gasteiger partial charge in [-0.15, -0.1) is 0 Å². The highest BCUT2D eigenvalue weighted by molar-refractivity contribution is 5.98. The number of ether oxygens (including phenoxy) is 1. The topological polar surface area (TPSA) is 88.8 Å². The van der Waals surface area contributed by atoms with Gasteiger partial charge in [0.15, 0.2) is 5.76 Å². The Labute approximate surface area is 148 Å². The van der Waals surface area contributed by atoms with Crippen LogP contribution in [0.25, 0.3) is 11.0 Å². The van der Waals surface area contributed by atoms with Crippen molar-refractivity contribution in [2.45, 2.75) is 12.5 Å². The van der Waals surface area contributed by atoms with Crippen molar-refractivity contribution in [3.63, 3.8) is 0 Å². The maximum atomic E-state index is 13.3. The van der Waals surface area contributed by atoms with Crippen LogP contribution in [-0.4, -0.2) is 30.1 Å². The first-order valence-corrected chi connectivity index (χ1v) is 7.82. The van der Waals surface area contributed by atoms with E-state index in [9.17, 15) is 19.1 Å². The van der Waals surface area contributed by atoms with Crippen molar-refractivity contribution in [2.24, 2.45) is 0 Å². The van der Waals surface area contributed by atoms with E-state index >= 15 is 0 Å². The summed E-state index contributed by atoms with van der Waals surface area (Å²) in [5.41, 5.74) is 0.944. The van der Waals surface area contributed by atoms with Crippen LogP contribution in [0.5, 0.6) is 5.75 Å². The first-order valence-electron chi connectivity index (χ1n) is 7.82. The molecule has 6 nitrogen and oxygen atoms in total. The molecule has 3 rings (SSSR count). The second kappa shape index (κ2) is 7.26. The molecule has 7 heteroatoms. The predicted molar refractivity (Wildman–Crippen MR) is 91.8 cm³/mol. The standard InChI is InChI=1S/C19H16FNO5/c1-25-14-5-6-16-12(9-14)10-17(26-16)18(22)21-15(19(23)24)8-11-3-2-4-13(20)7-11/h2-7,9-10,15H,8H2,1H3,(H,21,22)(H,23,24). The summed E-state index contributed by atoms with van der Waals surface area (Å²) in [4.78, 5) is 23.8. The summed E-state index contributed by atoms with van der Waals surface area (Å²) in [6.07, 6.45) is -0.0487. The predicted octanol–water partition coefficient (Wildman–Crippen LogP) is 3.01. The highest BCUT2D eigenvalue weighted by Crippen LogP contribution is 2.24. The quantitative estimate of drug-likeness (QED) is 0.708. The molecule has 1 amide bonds. The van der Waals surface area contributed by atoms with Gasteiger partial charge >= 0.3 is 5.97 Å². The number of methoxy groups -OCH3 is 1. The van der Waals surface area contributed by atoms with Crippen LogP contribution in [0.4, 0.5) is 4.39 Å². The van der Waals surface area contributed by atoms with Gasteiger partial charge in [-0.25, -0.2) is 9.18 Å². The van der Waals surface area contributed by atoms with Crippen molar-refractivity contribution in [2.75, 3.05) is 7.11 Å². The van der Waals surface area contributed by atoms with Crippen molar-refractivity contribution >= 4 is 22.8 Å². The molecule has 2 aromatic carbocycles. The zero-order valence-corrected chi connectivity index (χ0v) is 13.9. The van der Waals surface area contributed by atoms with Crippen molar-refractivity contribution in [3.05, 3.63) is 65.7 Å². The molecule has 26 heavy (non-hydrogen) atoms. The van der Waals surface area contributed by atoms with Crippen molar-refractivity contribution in [1.82, 2.24) is 5.32 Å². The lowest BCUT2D eigenvalue weighted by Crippen LogP contribution is -2.42. The number of amides is 1. The molecule has 0 spiro atoms. The van der Waals surface area contributed by atoms with E-state index in [0.29, 0.717) is 22.3 Å². The smallest absolute Gasteiger partial charge is 0.326 e. The monoisotopic (exact) mass is 357 g/mol. The maximum Gasteiger partial charge on any atom is 0.326 e. The number of carbonyl (C=O) groups is 2. The summed E-state index contributed by atoms with van der Waals surface area (Å²) in [5, 5.41) is 12.4. The average molecular weight is 357 g/mol. The Morgan fingerprint density at radius 1 is 1.23 bits per heavy atom. The van der Waals surface area contributed by atoms with Crippen LogP contribution in [0, 0.1) is 5.82 Å². The molecule has 3 aromatic rings. The van der Waals surface area contributed by atoms with E-state index in [1.165, 1.54) is 31.4 Å². The van der Waals surface area contributed by atoms with Crippen molar-refractivity contribution in [3.8, 4) is 5.75 Å². The summed E-state index contributed by atoms with van der Waals surface area (Å²) in [7, 11) is 1.53. The van der Waals surface area contributed by atoms with E-state index in [2.05, 4.69) is 5.32 Å². The van der Waals surface area contributed by atoms with Crippen LogP contribution in [0.3, 0.4) is 0 Å². The number of halogens is 1. The molecular weight excluding hydrogens is 341 g/mol. The van der Waals surface area contributed by atoms with Crippen LogP contribution < -0.4 is 10.1 Å². The largest absolute Gasteiger partial charge is 0.497 e. The Bertz CT molecular complexity index is 965. The summed E-state index contributed by atoms with van der Waals surface area (Å²) in [6.45, 7) is 0. The molecule has 0 bridgehead atoms. The number of aliphatic carboxylic acids is 1. The summed E-state index contributed by atoms with van der Waals surface area (Å²) < 4.78 is 23.8. The number of nitrogens with one attached hydrogen (secondary N) is 1. The molecule has 0 saturated carbocycles. The fourth-order valence-corrected chi connectivity index (χ4v) is 2.59. The second-order valence-electron chi connectivity index (χ2n) is 5.71. The van der Waals surface area contributed by atoms with Crippen LogP contribution >= 0.6 is 0 Å². The van der Waals surface area contributed by atoms with Crippen LogP contribution in [0.15, 0.2) is 52.9 Å². The van der Waals surface area contributed by atoms with Crippen molar-refractivity contribution < 1.29 is 28.2 Å². The molecule has 1 unspecified atom stereocenters. The maximum absolute atomic E-state index is 13.3. The minimum atomic E-state index is -1.22. The van der Waals surface area contributed by atoms with E-state index in [1.54, 1.807) is 24.3 Å². The summed E-state index contributed by atoms with van der Waals surface area (Å²) in [6, 6.07) is 10.9. The normalized spacial score (nSPS) is 11.9. The van der Waals surface area contributed by atoms with Crippen LogP contribution in [0.2, 0.25) is 0 Å². The van der Waals surface area contributed by atoms with Gasteiger partial charge in [0.05, 0.1) is 7.11 Å². The lowest BCUT2D eigenvalue weighted by Gasteiger charge is -2.13. The van der Waals surface area contributed by atoms with Gasteiger partial charge in [0.25, 0.3) is 5.91 Å². The van der Waals surface area contributed by atoms with Gasteiger partial charge in [0.2, 0.25) is 0 Å². The van der Waals surface area contributed by atoms with Gasteiger partial charge in [0.1, 0.15) is 23.2 Å². The lowest BCUT2D eigenvalue weighted by molar-refractivity contribution is -0.139. The van der Waals surface area contributed by atoms with Crippen molar-refractivity contribution in [1.29, 1.82) is 0 Å². The number of fused-ring (bicyclic) bond motifs is 1. The van der Waals surface area contributed by atoms with E-state index in [-0.39, 0.29) is 12.2 Å². The third-order valence-electron chi connectivity index (χ3n) is 3.88. The molecule has 0 aliphatic carbocycles. The lowest BCUT2D eigenvalue weighted by atomic mass is 10.1. The highest BCUT2D eigenvalue weighted by Gasteiger charge is 2.23. The Balaban J connectivity index is 1.78. The zero-order chi connectivity index (χ0) is 18.7. The van der Waals surface area contributed by atoms with E-state index in [4.69, 9.17) is 9.15 Å². The van der Waals surface area contributed by atoms with E-state index in [1.807, 2.05) is 0 Å². The SMILES string of the molecule is COc1ccc2oc(C(=O)NC(Cc3cccc(F)c3)C(=O)O)cc2c1. The zero-order valence-electron chi connectivity index (χ0n) is 13.9. The third-order valence-corrected chi connectivity index (χ3v) is 3.88. The Hall–Kier alpha value is -3.35. The minimum Gasteiger partial charge on any atom is -0.497 e. The Morgan fingerprint density at radius 3 is 2.73 bits per heavy atom. The first kappa shape index (κ1) is 17.5. The Kier molecular flexibility index (Phi) is 4.88. The molecule has 1 aromatic heterocycles. The molecule has 0 aliphatic heterocycles. The summed E-state index contributed by atoms with van der Waals surface area (Å²) in [5.74, 6) is -1.76. The molecule has 1 atom stereocenters. The van der Waals surface area contributed by atoms with Gasteiger partial charge in [-0.3, -0.25) is 4.79 Å². The highest BCUT2D eigenvalue weighted by atomic mass is 19.1. The van der Waals surface area contributed by atoms with Crippen LogP contribution in [-0.2, 0) is 11.2 Å². The van der Waals surface area contributed by atoms with Gasteiger partial charge < -0.3 is 19.6 Å². The fourth-order valence-electron chi connectivity index (χ4n) is 2.59. The Morgan fingerprint density at radius 2 is 2.04 bits per heavy atom. The van der Waals surface area contributed by atoms with Gasteiger partial charge in [-0.2, -0.15) is 0 Å². The van der Waals surface area contributed by atoms with Gasteiger partial charge in [-0.1, -0.05) is 12.1 Å². The molecule has 2 N–H and O–H groups in total.